The van der Waals surface area contributed by atoms with E-state index < -0.39 is 12.1 Å². The molecule has 1 amide bonds. The van der Waals surface area contributed by atoms with Gasteiger partial charge in [-0.2, -0.15) is 0 Å². The molecular weight excluding hydrogens is 971 g/mol. The molecule has 0 aliphatic carbocycles. The van der Waals surface area contributed by atoms with Crippen LogP contribution in [0, 0.1) is 0 Å². The molecule has 0 rings (SSSR count). The topological polar surface area (TPSA) is 95.9 Å². The third kappa shape index (κ3) is 65.1. The van der Waals surface area contributed by atoms with Gasteiger partial charge in [-0.1, -0.05) is 352 Å². The monoisotopic (exact) mass is 1110 g/mol. The molecule has 466 valence electrons. The van der Waals surface area contributed by atoms with Crippen LogP contribution in [0.2, 0.25) is 0 Å². The lowest BCUT2D eigenvalue weighted by molar-refractivity contribution is -0.143. The van der Waals surface area contributed by atoms with E-state index in [2.05, 4.69) is 43.5 Å². The highest BCUT2D eigenvalue weighted by Crippen LogP contribution is 2.18. The number of allylic oxidation sites excluding steroid dienone is 5. The first-order valence-electron chi connectivity index (χ1n) is 35.8. The Kier molecular flexibility index (Phi) is 66.9. The van der Waals surface area contributed by atoms with Gasteiger partial charge in [0.05, 0.1) is 25.4 Å². The molecule has 0 saturated heterocycles. The SMILES string of the molecule is CCCCCCCCCCCCCCCCCCC/C=C/C(O)C(CO)NC(=O)CCCCCCCCCCCCC/C=C\C/C=C\CCCCCCCCCCCOC(=O)CCCCCCCCCCCCCCCCCC. The average Bonchev–Trinajstić information content (AvgIpc) is 3.45. The van der Waals surface area contributed by atoms with Crippen molar-refractivity contribution in [3.63, 3.8) is 0 Å². The lowest BCUT2D eigenvalue weighted by Gasteiger charge is -2.20. The molecule has 0 bridgehead atoms. The molecule has 2 unspecified atom stereocenters. The molecule has 6 nitrogen and oxygen atoms in total. The van der Waals surface area contributed by atoms with E-state index in [9.17, 15) is 19.8 Å². The third-order valence-corrected chi connectivity index (χ3v) is 16.7. The van der Waals surface area contributed by atoms with Gasteiger partial charge in [-0.25, -0.2) is 0 Å². The summed E-state index contributed by atoms with van der Waals surface area (Å²) < 4.78 is 5.50. The molecule has 0 aliphatic rings. The van der Waals surface area contributed by atoms with Gasteiger partial charge in [-0.05, 0) is 64.2 Å². The fourth-order valence-corrected chi connectivity index (χ4v) is 11.2. The van der Waals surface area contributed by atoms with Crippen molar-refractivity contribution in [2.45, 2.75) is 405 Å². The van der Waals surface area contributed by atoms with Crippen LogP contribution in [0.3, 0.4) is 0 Å². The lowest BCUT2D eigenvalue weighted by atomic mass is 10.0. The summed E-state index contributed by atoms with van der Waals surface area (Å²) in [6.45, 7) is 4.94. The van der Waals surface area contributed by atoms with Crippen LogP contribution < -0.4 is 5.32 Å². The Morgan fingerprint density at radius 1 is 0.354 bits per heavy atom. The number of carbonyl (C=O) groups excluding carboxylic acids is 2. The van der Waals surface area contributed by atoms with Crippen LogP contribution in [-0.2, 0) is 14.3 Å². The first-order valence-corrected chi connectivity index (χ1v) is 35.8. The average molecular weight is 1110 g/mol. The normalized spacial score (nSPS) is 12.7. The van der Waals surface area contributed by atoms with E-state index in [4.69, 9.17) is 4.74 Å². The minimum Gasteiger partial charge on any atom is -0.466 e. The fourth-order valence-electron chi connectivity index (χ4n) is 11.2. The number of unbranched alkanes of at least 4 members (excludes halogenated alkanes) is 52. The van der Waals surface area contributed by atoms with Gasteiger partial charge in [0.15, 0.2) is 0 Å². The lowest BCUT2D eigenvalue weighted by Crippen LogP contribution is -2.45. The molecule has 0 aromatic rings. The van der Waals surface area contributed by atoms with Crippen molar-refractivity contribution in [3.05, 3.63) is 36.5 Å². The maximum atomic E-state index is 12.5. The molecule has 0 saturated carbocycles. The summed E-state index contributed by atoms with van der Waals surface area (Å²) >= 11 is 0. The Morgan fingerprint density at radius 2 is 0.633 bits per heavy atom. The molecule has 0 aliphatic heterocycles. The highest BCUT2D eigenvalue weighted by atomic mass is 16.5. The Morgan fingerprint density at radius 3 is 0.962 bits per heavy atom. The number of esters is 1. The van der Waals surface area contributed by atoms with E-state index >= 15 is 0 Å². The molecule has 0 fully saturated rings. The number of nitrogens with one attached hydrogen (secondary N) is 1. The number of ether oxygens (including phenoxy) is 1. The molecule has 79 heavy (non-hydrogen) atoms. The highest BCUT2D eigenvalue weighted by Gasteiger charge is 2.18. The van der Waals surface area contributed by atoms with Gasteiger partial charge in [-0.15, -0.1) is 0 Å². The van der Waals surface area contributed by atoms with Crippen molar-refractivity contribution >= 4 is 11.9 Å². The second kappa shape index (κ2) is 68.6. The zero-order valence-corrected chi connectivity index (χ0v) is 53.4. The summed E-state index contributed by atoms with van der Waals surface area (Å²) in [5.41, 5.74) is 0. The Hall–Kier alpha value is -1.92. The molecule has 0 aromatic carbocycles. The summed E-state index contributed by atoms with van der Waals surface area (Å²) in [7, 11) is 0. The van der Waals surface area contributed by atoms with Crippen LogP contribution in [0.15, 0.2) is 36.5 Å². The van der Waals surface area contributed by atoms with E-state index in [-0.39, 0.29) is 18.5 Å². The van der Waals surface area contributed by atoms with Crippen molar-refractivity contribution in [1.82, 2.24) is 5.32 Å². The molecule has 2 atom stereocenters. The predicted molar refractivity (Wildman–Crippen MR) is 347 cm³/mol. The molecule has 0 heterocycles. The van der Waals surface area contributed by atoms with Gasteiger partial charge in [0, 0.05) is 12.8 Å². The number of amides is 1. The number of aliphatic hydroxyl groups is 2. The molecular formula is C73H139NO5. The van der Waals surface area contributed by atoms with Gasteiger partial charge in [0.25, 0.3) is 0 Å². The summed E-state index contributed by atoms with van der Waals surface area (Å²) in [6, 6.07) is -0.631. The first kappa shape index (κ1) is 77.1. The van der Waals surface area contributed by atoms with Gasteiger partial charge in [-0.3, -0.25) is 9.59 Å². The smallest absolute Gasteiger partial charge is 0.305 e. The number of carbonyl (C=O) groups is 2. The van der Waals surface area contributed by atoms with Crippen molar-refractivity contribution in [3.8, 4) is 0 Å². The zero-order chi connectivity index (χ0) is 57.1. The molecule has 0 spiro atoms. The van der Waals surface area contributed by atoms with Crippen LogP contribution >= 0.6 is 0 Å². The minimum atomic E-state index is -0.848. The third-order valence-electron chi connectivity index (χ3n) is 16.7. The van der Waals surface area contributed by atoms with Crippen molar-refractivity contribution < 1.29 is 24.5 Å². The summed E-state index contributed by atoms with van der Waals surface area (Å²) in [6.07, 6.45) is 87.9. The van der Waals surface area contributed by atoms with E-state index in [0.29, 0.717) is 19.4 Å². The van der Waals surface area contributed by atoms with Gasteiger partial charge < -0.3 is 20.3 Å². The van der Waals surface area contributed by atoms with Crippen LogP contribution in [0.5, 0.6) is 0 Å². The highest BCUT2D eigenvalue weighted by molar-refractivity contribution is 5.76. The number of hydrogen-bond acceptors (Lipinski definition) is 5. The summed E-state index contributed by atoms with van der Waals surface area (Å²) in [4.78, 5) is 24.6. The van der Waals surface area contributed by atoms with Crippen LogP contribution in [0.25, 0.3) is 0 Å². The quantitative estimate of drug-likeness (QED) is 0.0320. The fraction of sp³-hybridized carbons (Fsp3) is 0.890. The Labute approximate surface area is 494 Å². The van der Waals surface area contributed by atoms with Gasteiger partial charge in [0.2, 0.25) is 5.91 Å². The number of aliphatic hydroxyl groups excluding tert-OH is 2. The summed E-state index contributed by atoms with van der Waals surface area (Å²) in [5.74, 6) is -0.0537. The Bertz CT molecular complexity index is 1280. The molecule has 6 heteroatoms. The largest absolute Gasteiger partial charge is 0.466 e. The first-order chi connectivity index (χ1) is 39.0. The van der Waals surface area contributed by atoms with E-state index in [0.717, 1.165) is 44.9 Å². The van der Waals surface area contributed by atoms with Crippen molar-refractivity contribution in [2.75, 3.05) is 13.2 Å². The number of hydrogen-bond donors (Lipinski definition) is 3. The van der Waals surface area contributed by atoms with Crippen LogP contribution in [-0.4, -0.2) is 47.4 Å². The molecule has 0 radical (unpaired) electrons. The van der Waals surface area contributed by atoms with Crippen molar-refractivity contribution in [1.29, 1.82) is 0 Å². The minimum absolute atomic E-state index is 0.0142. The zero-order valence-electron chi connectivity index (χ0n) is 53.4. The standard InChI is InChI=1S/C73H139NO5/c1-3-5-7-9-11-13-15-17-19-21-31-34-37-41-45-49-53-57-61-65-71(76)70(69-75)74-72(77)66-62-58-54-50-46-42-38-35-32-29-27-25-23-22-24-26-28-30-33-36-40-44-48-52-56-60-64-68-79-73(78)67-63-59-55-51-47-43-39-20-18-16-14-12-10-8-6-4-2/h22-23,26,28,61,65,70-71,75-76H,3-21,24-25,27,29-60,62-64,66-69H2,1-2H3,(H,74,77)/b23-22-,28-26-,65-61+. The second-order valence-electron chi connectivity index (χ2n) is 24.6. The van der Waals surface area contributed by atoms with Gasteiger partial charge in [0.1, 0.15) is 0 Å². The van der Waals surface area contributed by atoms with Crippen LogP contribution in [0.4, 0.5) is 0 Å². The van der Waals surface area contributed by atoms with E-state index in [1.165, 1.54) is 321 Å². The maximum absolute atomic E-state index is 12.5. The van der Waals surface area contributed by atoms with Crippen molar-refractivity contribution in [2.24, 2.45) is 0 Å². The molecule has 0 aromatic heterocycles. The van der Waals surface area contributed by atoms with E-state index in [1.807, 2.05) is 6.08 Å². The number of rotatable bonds is 67. The van der Waals surface area contributed by atoms with Gasteiger partial charge >= 0.3 is 5.97 Å². The predicted octanol–water partition coefficient (Wildman–Crippen LogP) is 23.1. The second-order valence-corrected chi connectivity index (χ2v) is 24.6. The van der Waals surface area contributed by atoms with E-state index in [1.54, 1.807) is 6.08 Å². The maximum Gasteiger partial charge on any atom is 0.305 e. The summed E-state index contributed by atoms with van der Waals surface area (Å²) in [5, 5.41) is 23.2. The van der Waals surface area contributed by atoms with Crippen LogP contribution in [0.1, 0.15) is 393 Å². The molecule has 3 N–H and O–H groups in total. The Balaban J connectivity index is 3.43.